The van der Waals surface area contributed by atoms with Gasteiger partial charge in [0.05, 0.1) is 0 Å². The van der Waals surface area contributed by atoms with E-state index in [1.807, 2.05) is 27.7 Å². The van der Waals surface area contributed by atoms with Crippen molar-refractivity contribution in [2.24, 2.45) is 0 Å². The predicted molar refractivity (Wildman–Crippen MR) is 115 cm³/mol. The molecule has 2 nitrogen and oxygen atoms in total. The van der Waals surface area contributed by atoms with Gasteiger partial charge in [0.2, 0.25) is 0 Å². The van der Waals surface area contributed by atoms with E-state index in [4.69, 9.17) is 0 Å². The SMILES string of the molecule is CC.CC.c1ccc(N(CCC2CCN2)C2Cc3ccccc3C2)cc1. The molecule has 1 heterocycles. The molecule has 2 aliphatic rings. The van der Waals surface area contributed by atoms with Gasteiger partial charge < -0.3 is 10.2 Å². The Kier molecular flexibility index (Phi) is 8.70. The first-order chi connectivity index (χ1) is 12.9. The van der Waals surface area contributed by atoms with Crippen molar-refractivity contribution in [2.75, 3.05) is 18.0 Å². The molecule has 2 aromatic carbocycles. The van der Waals surface area contributed by atoms with Gasteiger partial charge in [-0.05, 0) is 55.5 Å². The number of para-hydroxylation sites is 1. The Morgan fingerprint density at radius 2 is 1.38 bits per heavy atom. The van der Waals surface area contributed by atoms with E-state index in [0.717, 1.165) is 12.6 Å². The highest BCUT2D eigenvalue weighted by atomic mass is 15.2. The van der Waals surface area contributed by atoms with Crippen molar-refractivity contribution in [1.29, 1.82) is 0 Å². The molecule has 2 heteroatoms. The van der Waals surface area contributed by atoms with Crippen LogP contribution >= 0.6 is 0 Å². The Hall–Kier alpha value is -1.80. The summed E-state index contributed by atoms with van der Waals surface area (Å²) in [6.07, 6.45) is 4.96. The number of hydrogen-bond acceptors (Lipinski definition) is 2. The fourth-order valence-corrected chi connectivity index (χ4v) is 3.79. The zero-order valence-electron chi connectivity index (χ0n) is 17.0. The van der Waals surface area contributed by atoms with Crippen molar-refractivity contribution in [3.8, 4) is 0 Å². The lowest BCUT2D eigenvalue weighted by molar-refractivity contribution is 0.348. The van der Waals surface area contributed by atoms with Gasteiger partial charge in [-0.1, -0.05) is 70.2 Å². The number of anilines is 1. The third-order valence-electron chi connectivity index (χ3n) is 5.20. The van der Waals surface area contributed by atoms with Crippen LogP contribution in [0.15, 0.2) is 54.6 Å². The molecule has 0 spiro atoms. The van der Waals surface area contributed by atoms with E-state index in [1.54, 1.807) is 0 Å². The first-order valence-corrected chi connectivity index (χ1v) is 10.5. The van der Waals surface area contributed by atoms with Crippen LogP contribution in [0.3, 0.4) is 0 Å². The van der Waals surface area contributed by atoms with Gasteiger partial charge in [0.1, 0.15) is 0 Å². The van der Waals surface area contributed by atoms with E-state index >= 15 is 0 Å². The Morgan fingerprint density at radius 3 is 1.88 bits per heavy atom. The van der Waals surface area contributed by atoms with Gasteiger partial charge in [-0.2, -0.15) is 0 Å². The molecule has 1 N–H and O–H groups in total. The van der Waals surface area contributed by atoms with Crippen LogP contribution in [0.4, 0.5) is 5.69 Å². The van der Waals surface area contributed by atoms with Crippen LogP contribution in [-0.4, -0.2) is 25.2 Å². The molecule has 1 fully saturated rings. The van der Waals surface area contributed by atoms with Crippen molar-refractivity contribution in [2.45, 2.75) is 65.5 Å². The smallest absolute Gasteiger partial charge is 0.0370 e. The van der Waals surface area contributed by atoms with Gasteiger partial charge >= 0.3 is 0 Å². The van der Waals surface area contributed by atoms with Gasteiger partial charge in [-0.25, -0.2) is 0 Å². The number of benzene rings is 2. The van der Waals surface area contributed by atoms with E-state index in [2.05, 4.69) is 64.8 Å². The van der Waals surface area contributed by atoms with Gasteiger partial charge in [0.25, 0.3) is 0 Å². The minimum absolute atomic E-state index is 0.611. The molecule has 1 aliphatic carbocycles. The molecule has 142 valence electrons. The molecule has 0 saturated carbocycles. The molecule has 1 aliphatic heterocycles. The molecular weight excluding hydrogens is 316 g/mol. The number of nitrogens with one attached hydrogen (secondary N) is 1. The van der Waals surface area contributed by atoms with E-state index in [0.29, 0.717) is 6.04 Å². The van der Waals surface area contributed by atoms with Crippen LogP contribution in [0.1, 0.15) is 51.7 Å². The maximum Gasteiger partial charge on any atom is 0.0370 e. The highest BCUT2D eigenvalue weighted by Crippen LogP contribution is 2.29. The molecule has 4 rings (SSSR count). The van der Waals surface area contributed by atoms with E-state index in [9.17, 15) is 0 Å². The molecule has 26 heavy (non-hydrogen) atoms. The second-order valence-electron chi connectivity index (χ2n) is 6.59. The predicted octanol–water partition coefficient (Wildman–Crippen LogP) is 5.46. The molecule has 1 saturated heterocycles. The fraction of sp³-hybridized carbons (Fsp3) is 0.500. The summed E-state index contributed by atoms with van der Waals surface area (Å²) in [6.45, 7) is 10.4. The molecule has 0 bridgehead atoms. The van der Waals surface area contributed by atoms with Gasteiger partial charge in [0.15, 0.2) is 0 Å². The summed E-state index contributed by atoms with van der Waals surface area (Å²) in [7, 11) is 0. The summed E-state index contributed by atoms with van der Waals surface area (Å²) >= 11 is 0. The lowest BCUT2D eigenvalue weighted by Crippen LogP contribution is -2.46. The Labute approximate surface area is 160 Å². The molecule has 1 atom stereocenters. The lowest BCUT2D eigenvalue weighted by Gasteiger charge is -2.35. The van der Waals surface area contributed by atoms with Crippen molar-refractivity contribution < 1.29 is 0 Å². The summed E-state index contributed by atoms with van der Waals surface area (Å²) in [5.74, 6) is 0. The average molecular weight is 353 g/mol. The quantitative estimate of drug-likeness (QED) is 0.768. The first-order valence-electron chi connectivity index (χ1n) is 10.5. The van der Waals surface area contributed by atoms with Crippen LogP contribution in [0.2, 0.25) is 0 Å². The Balaban J connectivity index is 0.000000570. The zero-order chi connectivity index (χ0) is 18.8. The highest BCUT2D eigenvalue weighted by Gasteiger charge is 2.27. The number of nitrogens with zero attached hydrogens (tertiary/aromatic N) is 1. The van der Waals surface area contributed by atoms with E-state index < -0.39 is 0 Å². The highest BCUT2D eigenvalue weighted by molar-refractivity contribution is 5.49. The lowest BCUT2D eigenvalue weighted by atomic mass is 10.0. The van der Waals surface area contributed by atoms with E-state index in [1.165, 1.54) is 49.0 Å². The second kappa shape index (κ2) is 11.0. The molecule has 0 amide bonds. The van der Waals surface area contributed by atoms with Crippen LogP contribution < -0.4 is 10.2 Å². The molecule has 2 aromatic rings. The van der Waals surface area contributed by atoms with Crippen molar-refractivity contribution in [3.05, 3.63) is 65.7 Å². The van der Waals surface area contributed by atoms with Crippen molar-refractivity contribution >= 4 is 5.69 Å². The topological polar surface area (TPSA) is 15.3 Å². The van der Waals surface area contributed by atoms with Crippen LogP contribution in [0.25, 0.3) is 0 Å². The molecular formula is C24H36N2. The number of hydrogen-bond donors (Lipinski definition) is 1. The van der Waals surface area contributed by atoms with Crippen LogP contribution in [0, 0.1) is 0 Å². The Bertz CT molecular complexity index is 594. The monoisotopic (exact) mass is 352 g/mol. The second-order valence-corrected chi connectivity index (χ2v) is 6.59. The van der Waals surface area contributed by atoms with Crippen LogP contribution in [-0.2, 0) is 12.8 Å². The summed E-state index contributed by atoms with van der Waals surface area (Å²) in [5.41, 5.74) is 4.45. The Morgan fingerprint density at radius 1 is 0.846 bits per heavy atom. The van der Waals surface area contributed by atoms with E-state index in [-0.39, 0.29) is 0 Å². The van der Waals surface area contributed by atoms with Crippen molar-refractivity contribution in [3.63, 3.8) is 0 Å². The summed E-state index contributed by atoms with van der Waals surface area (Å²) in [6, 6.07) is 21.2. The minimum Gasteiger partial charge on any atom is -0.368 e. The normalized spacial score (nSPS) is 17.8. The minimum atomic E-state index is 0.611. The number of rotatable bonds is 5. The maximum atomic E-state index is 3.53. The average Bonchev–Trinajstić information content (AvgIpc) is 3.11. The molecule has 0 aromatic heterocycles. The zero-order valence-corrected chi connectivity index (χ0v) is 17.0. The summed E-state index contributed by atoms with van der Waals surface area (Å²) < 4.78 is 0. The van der Waals surface area contributed by atoms with Gasteiger partial charge in [0, 0.05) is 24.3 Å². The van der Waals surface area contributed by atoms with Crippen LogP contribution in [0.5, 0.6) is 0 Å². The van der Waals surface area contributed by atoms with Gasteiger partial charge in [-0.3, -0.25) is 0 Å². The summed E-state index contributed by atoms with van der Waals surface area (Å²) in [5, 5.41) is 3.53. The maximum absolute atomic E-state index is 3.53. The van der Waals surface area contributed by atoms with Gasteiger partial charge in [-0.15, -0.1) is 0 Å². The van der Waals surface area contributed by atoms with Crippen molar-refractivity contribution in [1.82, 2.24) is 5.32 Å². The third kappa shape index (κ3) is 5.11. The standard InChI is InChI=1S/C20H24N2.2C2H6/c1-2-8-19(9-3-1)22(13-11-18-10-12-21-18)20-14-16-6-4-5-7-17(16)15-20;2*1-2/h1-9,18,20-21H,10-15H2;2*1-2H3. The molecule has 0 radical (unpaired) electrons. The largest absolute Gasteiger partial charge is 0.368 e. The summed E-state index contributed by atoms with van der Waals surface area (Å²) in [4.78, 5) is 2.64. The molecule has 1 unspecified atom stereocenters. The third-order valence-corrected chi connectivity index (χ3v) is 5.20. The fourth-order valence-electron chi connectivity index (χ4n) is 3.79. The number of fused-ring (bicyclic) bond motifs is 1. The first kappa shape index (κ1) is 20.5.